The molecule has 0 aromatic carbocycles. The lowest BCUT2D eigenvalue weighted by atomic mass is 10.0. The van der Waals surface area contributed by atoms with E-state index < -0.39 is 20.0 Å². The molecule has 3 N–H and O–H groups in total. The van der Waals surface area contributed by atoms with Gasteiger partial charge in [-0.25, -0.2) is 4.57 Å². The first-order chi connectivity index (χ1) is 40.0. The fraction of sp³-hybridized carbons (Fsp3) is 0.685. The topological polar surface area (TPSA) is 105 Å². The molecule has 0 fully saturated rings. The van der Waals surface area contributed by atoms with E-state index in [-0.39, 0.29) is 19.1 Å². The van der Waals surface area contributed by atoms with Crippen molar-refractivity contribution in [1.29, 1.82) is 0 Å². The summed E-state index contributed by atoms with van der Waals surface area (Å²) in [4.78, 5) is 23.4. The molecule has 3 atom stereocenters. The Bertz CT molecular complexity index is 1800. The lowest BCUT2D eigenvalue weighted by Gasteiger charge is -2.25. The fourth-order valence-electron chi connectivity index (χ4n) is 9.19. The molecule has 0 aliphatic carbocycles. The zero-order valence-electron chi connectivity index (χ0n) is 53.7. The van der Waals surface area contributed by atoms with Crippen molar-refractivity contribution < 1.29 is 32.9 Å². The van der Waals surface area contributed by atoms with Crippen LogP contribution in [0.3, 0.4) is 0 Å². The van der Waals surface area contributed by atoms with E-state index in [1.807, 2.05) is 27.2 Å². The van der Waals surface area contributed by atoms with E-state index in [1.165, 1.54) is 148 Å². The van der Waals surface area contributed by atoms with Crippen LogP contribution in [0.1, 0.15) is 271 Å². The lowest BCUT2D eigenvalue weighted by molar-refractivity contribution is -0.870. The van der Waals surface area contributed by atoms with E-state index in [1.54, 1.807) is 6.08 Å². The highest BCUT2D eigenvalue weighted by Gasteiger charge is 2.27. The first-order valence-corrected chi connectivity index (χ1v) is 35.1. The van der Waals surface area contributed by atoms with Gasteiger partial charge in [-0.15, -0.1) is 0 Å². The minimum Gasteiger partial charge on any atom is -0.387 e. The Hall–Kier alpha value is -3.36. The highest BCUT2D eigenvalue weighted by Crippen LogP contribution is 2.43. The number of phosphoric ester groups is 1. The van der Waals surface area contributed by atoms with E-state index in [0.29, 0.717) is 23.9 Å². The highest BCUT2D eigenvalue weighted by atomic mass is 31.2. The van der Waals surface area contributed by atoms with E-state index in [4.69, 9.17) is 9.05 Å². The molecule has 0 aliphatic heterocycles. The number of phosphoric acid groups is 1. The van der Waals surface area contributed by atoms with Gasteiger partial charge in [-0.3, -0.25) is 13.8 Å². The van der Waals surface area contributed by atoms with Gasteiger partial charge in [0.05, 0.1) is 39.9 Å². The number of aliphatic hydroxyl groups is 1. The largest absolute Gasteiger partial charge is 0.472 e. The van der Waals surface area contributed by atoms with Gasteiger partial charge in [0, 0.05) is 6.42 Å². The molecular weight excluding hydrogens is 1030 g/mol. The Kier molecular flexibility index (Phi) is 59.6. The summed E-state index contributed by atoms with van der Waals surface area (Å²) in [5.41, 5.74) is 0. The van der Waals surface area contributed by atoms with Crippen molar-refractivity contribution in [3.63, 3.8) is 0 Å². The maximum Gasteiger partial charge on any atom is 0.472 e. The molecule has 0 saturated heterocycles. The smallest absolute Gasteiger partial charge is 0.387 e. The summed E-state index contributed by atoms with van der Waals surface area (Å²) < 4.78 is 23.8. The number of hydrogen-bond donors (Lipinski definition) is 3. The summed E-state index contributed by atoms with van der Waals surface area (Å²) in [5, 5.41) is 14.0. The zero-order chi connectivity index (χ0) is 59.8. The van der Waals surface area contributed by atoms with E-state index in [0.717, 1.165) is 96.3 Å². The molecule has 0 spiro atoms. The van der Waals surface area contributed by atoms with Crippen LogP contribution in [0.5, 0.6) is 0 Å². The van der Waals surface area contributed by atoms with Crippen LogP contribution in [0.4, 0.5) is 0 Å². The van der Waals surface area contributed by atoms with Crippen molar-refractivity contribution in [3.8, 4) is 0 Å². The number of nitrogens with one attached hydrogen (secondary N) is 1. The number of carbonyl (C=O) groups excluding carboxylic acids is 1. The van der Waals surface area contributed by atoms with Gasteiger partial charge < -0.3 is 19.8 Å². The molecule has 0 heterocycles. The summed E-state index contributed by atoms with van der Waals surface area (Å²) in [6, 6.07) is -0.882. The van der Waals surface area contributed by atoms with Crippen LogP contribution >= 0.6 is 7.82 Å². The molecule has 0 saturated carbocycles. The summed E-state index contributed by atoms with van der Waals surface area (Å²) in [7, 11) is 1.53. The van der Waals surface area contributed by atoms with E-state index >= 15 is 0 Å². The molecular formula is C73H128N2O6P+. The summed E-state index contributed by atoms with van der Waals surface area (Å²) in [6.07, 6.45) is 94.4. The van der Waals surface area contributed by atoms with Crippen molar-refractivity contribution in [2.75, 3.05) is 40.9 Å². The predicted octanol–water partition coefficient (Wildman–Crippen LogP) is 21.4. The monoisotopic (exact) mass is 1160 g/mol. The molecule has 0 radical (unpaired) electrons. The summed E-state index contributed by atoms with van der Waals surface area (Å²) in [5.74, 6) is -0.222. The zero-order valence-corrected chi connectivity index (χ0v) is 54.6. The number of rotatable bonds is 60. The molecule has 0 aromatic rings. The molecule has 82 heavy (non-hydrogen) atoms. The van der Waals surface area contributed by atoms with Crippen LogP contribution in [0, 0.1) is 0 Å². The Morgan fingerprint density at radius 3 is 1.07 bits per heavy atom. The van der Waals surface area contributed by atoms with Crippen molar-refractivity contribution in [3.05, 3.63) is 134 Å². The second-order valence-corrected chi connectivity index (χ2v) is 24.9. The summed E-state index contributed by atoms with van der Waals surface area (Å²) >= 11 is 0. The number of aliphatic hydroxyl groups excluding tert-OH is 1. The number of allylic oxidation sites excluding steroid dienone is 21. The van der Waals surface area contributed by atoms with Crippen LogP contribution in [0.25, 0.3) is 0 Å². The Morgan fingerprint density at radius 1 is 0.427 bits per heavy atom. The summed E-state index contributed by atoms with van der Waals surface area (Å²) in [6.45, 7) is 4.68. The third-order valence-electron chi connectivity index (χ3n) is 14.4. The van der Waals surface area contributed by atoms with Crippen molar-refractivity contribution in [1.82, 2.24) is 5.32 Å². The van der Waals surface area contributed by atoms with Gasteiger partial charge in [-0.1, -0.05) is 302 Å². The van der Waals surface area contributed by atoms with Crippen LogP contribution in [0.15, 0.2) is 134 Å². The molecule has 0 rings (SSSR count). The SMILES string of the molecule is CC/C=C\C/C=C\C/C=C\C/C=C\C/C=C\C/C=C\C/C=C\C/C=C\C/C=C\C/C=C\CCCCC(=O)NC(COP(=O)(O)OCC[N+](C)(C)C)C(O)/C=C/CCCCCCCCCCCCCCCCCCCCCCCCCCC. The van der Waals surface area contributed by atoms with Crippen LogP contribution in [-0.4, -0.2) is 73.4 Å². The maximum absolute atomic E-state index is 13.0. The van der Waals surface area contributed by atoms with Gasteiger partial charge in [0.25, 0.3) is 0 Å². The normalized spacial score (nSPS) is 14.6. The van der Waals surface area contributed by atoms with E-state index in [9.17, 15) is 19.4 Å². The number of unbranched alkanes of at least 4 members (excludes halogenated alkanes) is 27. The van der Waals surface area contributed by atoms with Gasteiger partial charge in [0.15, 0.2) is 0 Å². The van der Waals surface area contributed by atoms with Crippen LogP contribution < -0.4 is 5.32 Å². The molecule has 0 bridgehead atoms. The minimum atomic E-state index is -4.38. The van der Waals surface area contributed by atoms with E-state index in [2.05, 4.69) is 141 Å². The third-order valence-corrected chi connectivity index (χ3v) is 15.4. The number of quaternary nitrogens is 1. The quantitative estimate of drug-likeness (QED) is 0.0243. The van der Waals surface area contributed by atoms with Crippen LogP contribution in [-0.2, 0) is 18.4 Å². The van der Waals surface area contributed by atoms with Crippen LogP contribution in [0.2, 0.25) is 0 Å². The lowest BCUT2D eigenvalue weighted by Crippen LogP contribution is -2.45. The predicted molar refractivity (Wildman–Crippen MR) is 359 cm³/mol. The second kappa shape index (κ2) is 62.2. The average molecular weight is 1160 g/mol. The first kappa shape index (κ1) is 78.6. The maximum atomic E-state index is 13.0. The standard InChI is InChI=1S/C73H127N2O6P/c1-6-8-10-12-14-16-18-20-22-24-26-28-30-32-34-35-36-37-38-39-41-43-45-47-49-51-53-55-57-59-61-63-65-67-73(77)74-71(70-81-82(78,79)80-69-68-75(3,4)5)72(76)66-64-62-60-58-56-54-52-50-48-46-44-42-40-33-31-29-27-25-23-21-19-17-15-13-11-9-7-2/h8,10,14,16,20,22,26,28,32,34,36-37,39,41,45,47,51,53,57,59,64,66,71-72,76H,6-7,9,11-13,15,17-19,21,23-25,27,29-31,33,35,38,40,42-44,46,48-50,52,54-56,58,60-63,65,67-70H2,1-5H3,(H-,74,77,78,79)/p+1/b10-8-,16-14-,22-20-,28-26-,34-32-,37-36-,41-39-,47-45-,53-51-,59-57-,66-64+. The highest BCUT2D eigenvalue weighted by molar-refractivity contribution is 7.47. The number of likely N-dealkylation sites (N-methyl/N-ethyl adjacent to an activating group) is 1. The second-order valence-electron chi connectivity index (χ2n) is 23.5. The molecule has 9 heteroatoms. The van der Waals surface area contributed by atoms with Gasteiger partial charge in [0.1, 0.15) is 13.2 Å². The molecule has 0 aromatic heterocycles. The molecule has 8 nitrogen and oxygen atoms in total. The minimum absolute atomic E-state index is 0.0458. The number of hydrogen-bond acceptors (Lipinski definition) is 5. The number of amides is 1. The number of nitrogens with zero attached hydrogens (tertiary/aromatic N) is 1. The Balaban J connectivity index is 4.27. The Morgan fingerprint density at radius 2 is 0.732 bits per heavy atom. The van der Waals surface area contributed by atoms with Gasteiger partial charge >= 0.3 is 7.82 Å². The van der Waals surface area contributed by atoms with Crippen molar-refractivity contribution in [2.45, 2.75) is 283 Å². The van der Waals surface area contributed by atoms with Gasteiger partial charge in [0.2, 0.25) is 5.91 Å². The molecule has 1 amide bonds. The first-order valence-electron chi connectivity index (χ1n) is 33.6. The van der Waals surface area contributed by atoms with Gasteiger partial charge in [-0.2, -0.15) is 0 Å². The molecule has 470 valence electrons. The molecule has 0 aliphatic rings. The Labute approximate surface area is 506 Å². The fourth-order valence-corrected chi connectivity index (χ4v) is 9.92. The van der Waals surface area contributed by atoms with Gasteiger partial charge in [-0.05, 0) is 96.3 Å². The van der Waals surface area contributed by atoms with Crippen molar-refractivity contribution in [2.24, 2.45) is 0 Å². The number of carbonyl (C=O) groups is 1. The molecule has 3 unspecified atom stereocenters. The van der Waals surface area contributed by atoms with Crippen molar-refractivity contribution >= 4 is 13.7 Å². The third kappa shape index (κ3) is 64.2. The average Bonchev–Trinajstić information content (AvgIpc) is 3.47.